The quantitative estimate of drug-likeness (QED) is 0.532. The summed E-state index contributed by atoms with van der Waals surface area (Å²) in [6, 6.07) is 21.3. The summed E-state index contributed by atoms with van der Waals surface area (Å²) < 4.78 is 6.46. The monoisotopic (exact) mass is 382 g/mol. The number of carbonyl (C=O) groups is 1. The van der Waals surface area contributed by atoms with E-state index in [9.17, 15) is 4.79 Å². The van der Waals surface area contributed by atoms with Crippen molar-refractivity contribution >= 4 is 38.8 Å². The number of nitrogens with zero attached hydrogens (tertiary/aromatic N) is 1. The largest absolute Gasteiger partial charge is 0.484 e. The number of hydrogen-bond acceptors (Lipinski definition) is 3. The van der Waals surface area contributed by atoms with Crippen molar-refractivity contribution in [2.75, 3.05) is 6.61 Å². The highest BCUT2D eigenvalue weighted by atomic mass is 79.9. The maximum atomic E-state index is 11.8. The lowest BCUT2D eigenvalue weighted by atomic mass is 10.1. The van der Waals surface area contributed by atoms with Crippen molar-refractivity contribution < 1.29 is 9.53 Å². The molecule has 120 valence electrons. The van der Waals surface area contributed by atoms with Crippen LogP contribution in [0.4, 0.5) is 0 Å². The molecule has 0 aliphatic heterocycles. The van der Waals surface area contributed by atoms with Crippen LogP contribution in [0.3, 0.4) is 0 Å². The first-order chi connectivity index (χ1) is 11.7. The maximum absolute atomic E-state index is 11.8. The van der Waals surface area contributed by atoms with Gasteiger partial charge in [-0.2, -0.15) is 5.10 Å². The molecular weight excluding hydrogens is 368 g/mol. The predicted molar refractivity (Wildman–Crippen MR) is 99.3 cm³/mol. The highest BCUT2D eigenvalue weighted by Crippen LogP contribution is 2.20. The van der Waals surface area contributed by atoms with E-state index in [4.69, 9.17) is 4.74 Å². The average molecular weight is 383 g/mol. The van der Waals surface area contributed by atoms with Crippen molar-refractivity contribution in [1.29, 1.82) is 0 Å². The molecule has 1 N–H and O–H groups in total. The normalized spacial score (nSPS) is 10.9. The van der Waals surface area contributed by atoms with E-state index in [0.29, 0.717) is 5.75 Å². The summed E-state index contributed by atoms with van der Waals surface area (Å²) in [5, 5.41) is 6.12. The molecule has 0 atom stereocenters. The Morgan fingerprint density at radius 1 is 1.04 bits per heavy atom. The number of halogens is 1. The molecule has 1 amide bonds. The Balaban J connectivity index is 1.53. The molecule has 0 bridgehead atoms. The Morgan fingerprint density at radius 3 is 2.71 bits per heavy atom. The van der Waals surface area contributed by atoms with Crippen LogP contribution in [-0.4, -0.2) is 18.7 Å². The molecule has 5 heteroatoms. The molecule has 4 nitrogen and oxygen atoms in total. The maximum Gasteiger partial charge on any atom is 0.277 e. The molecule has 0 fully saturated rings. The van der Waals surface area contributed by atoms with Crippen molar-refractivity contribution in [3.8, 4) is 5.75 Å². The summed E-state index contributed by atoms with van der Waals surface area (Å²) in [5.41, 5.74) is 3.34. The molecule has 24 heavy (non-hydrogen) atoms. The number of hydrogen-bond donors (Lipinski definition) is 1. The van der Waals surface area contributed by atoms with E-state index in [-0.39, 0.29) is 12.5 Å². The van der Waals surface area contributed by atoms with Gasteiger partial charge in [-0.15, -0.1) is 0 Å². The van der Waals surface area contributed by atoms with Gasteiger partial charge in [-0.1, -0.05) is 58.4 Å². The van der Waals surface area contributed by atoms with Gasteiger partial charge >= 0.3 is 0 Å². The van der Waals surface area contributed by atoms with Crippen molar-refractivity contribution in [2.45, 2.75) is 0 Å². The molecule has 0 radical (unpaired) electrons. The fourth-order valence-corrected chi connectivity index (χ4v) is 2.62. The number of fused-ring (bicyclic) bond motifs is 1. The molecular formula is C19H15BrN2O2. The molecule has 3 aromatic carbocycles. The van der Waals surface area contributed by atoms with E-state index in [1.165, 1.54) is 0 Å². The molecule has 3 rings (SSSR count). The number of rotatable bonds is 5. The lowest BCUT2D eigenvalue weighted by Crippen LogP contribution is -2.24. The first-order valence-electron chi connectivity index (χ1n) is 7.40. The molecule has 0 aliphatic carbocycles. The zero-order valence-electron chi connectivity index (χ0n) is 12.8. The third-order valence-corrected chi connectivity index (χ3v) is 3.84. The third kappa shape index (κ3) is 4.43. The topological polar surface area (TPSA) is 50.7 Å². The minimum atomic E-state index is -0.311. The van der Waals surface area contributed by atoms with Crippen molar-refractivity contribution in [2.24, 2.45) is 5.10 Å². The number of benzene rings is 3. The second kappa shape index (κ2) is 7.75. The molecule has 0 saturated heterocycles. The molecule has 0 aliphatic rings. The number of amides is 1. The Labute approximate surface area is 148 Å². The highest BCUT2D eigenvalue weighted by molar-refractivity contribution is 9.10. The zero-order chi connectivity index (χ0) is 16.8. The second-order valence-electron chi connectivity index (χ2n) is 5.15. The SMILES string of the molecule is O=C(COc1ccc2ccccc2c1)N/N=C/c1cccc(Br)c1. The Bertz CT molecular complexity index is 893. The van der Waals surface area contributed by atoms with Gasteiger partial charge in [-0.25, -0.2) is 5.43 Å². The fourth-order valence-electron chi connectivity index (χ4n) is 2.20. The molecule has 0 spiro atoms. The fraction of sp³-hybridized carbons (Fsp3) is 0.0526. The summed E-state index contributed by atoms with van der Waals surface area (Å²) in [4.78, 5) is 11.8. The first-order valence-corrected chi connectivity index (χ1v) is 8.19. The van der Waals surface area contributed by atoms with Crippen molar-refractivity contribution in [1.82, 2.24) is 5.43 Å². The van der Waals surface area contributed by atoms with Crippen LogP contribution in [-0.2, 0) is 4.79 Å². The predicted octanol–water partition coefficient (Wildman–Crippen LogP) is 4.13. The Kier molecular flexibility index (Phi) is 5.23. The van der Waals surface area contributed by atoms with Crippen LogP contribution in [0.1, 0.15) is 5.56 Å². The van der Waals surface area contributed by atoms with Gasteiger partial charge in [-0.05, 0) is 40.6 Å². The van der Waals surface area contributed by atoms with E-state index in [1.54, 1.807) is 6.21 Å². The van der Waals surface area contributed by atoms with Gasteiger partial charge in [0.05, 0.1) is 6.21 Å². The molecule has 0 aromatic heterocycles. The van der Waals surface area contributed by atoms with Gasteiger partial charge < -0.3 is 4.74 Å². The number of ether oxygens (including phenoxy) is 1. The first kappa shape index (κ1) is 16.2. The van der Waals surface area contributed by atoms with Crippen LogP contribution in [0.25, 0.3) is 10.8 Å². The van der Waals surface area contributed by atoms with Crippen LogP contribution < -0.4 is 10.2 Å². The minimum Gasteiger partial charge on any atom is -0.484 e. The standard InChI is InChI=1S/C19H15BrN2O2/c20-17-7-3-4-14(10-17)12-21-22-19(23)13-24-18-9-8-15-5-1-2-6-16(15)11-18/h1-12H,13H2,(H,22,23)/b21-12+. The highest BCUT2D eigenvalue weighted by Gasteiger charge is 2.02. The van der Waals surface area contributed by atoms with E-state index >= 15 is 0 Å². The van der Waals surface area contributed by atoms with E-state index in [0.717, 1.165) is 20.8 Å². The molecule has 0 saturated carbocycles. The van der Waals surface area contributed by atoms with E-state index < -0.39 is 0 Å². The van der Waals surface area contributed by atoms with E-state index in [1.807, 2.05) is 66.7 Å². The number of nitrogens with one attached hydrogen (secondary N) is 1. The number of hydrazone groups is 1. The van der Waals surface area contributed by atoms with Gasteiger partial charge in [0.15, 0.2) is 6.61 Å². The van der Waals surface area contributed by atoms with Gasteiger partial charge in [0.2, 0.25) is 0 Å². The zero-order valence-corrected chi connectivity index (χ0v) is 14.4. The lowest BCUT2D eigenvalue weighted by Gasteiger charge is -2.06. The van der Waals surface area contributed by atoms with Crippen LogP contribution in [0.15, 0.2) is 76.3 Å². The van der Waals surface area contributed by atoms with Crippen molar-refractivity contribution in [3.63, 3.8) is 0 Å². The Morgan fingerprint density at radius 2 is 1.88 bits per heavy atom. The summed E-state index contributed by atoms with van der Waals surface area (Å²) >= 11 is 3.38. The van der Waals surface area contributed by atoms with E-state index in [2.05, 4.69) is 26.5 Å². The number of carbonyl (C=O) groups excluding carboxylic acids is 1. The average Bonchev–Trinajstić information content (AvgIpc) is 2.60. The van der Waals surface area contributed by atoms with Crippen LogP contribution >= 0.6 is 15.9 Å². The minimum absolute atomic E-state index is 0.0891. The smallest absolute Gasteiger partial charge is 0.277 e. The summed E-state index contributed by atoms with van der Waals surface area (Å²) in [6.07, 6.45) is 1.58. The van der Waals surface area contributed by atoms with Gasteiger partial charge in [0.25, 0.3) is 5.91 Å². The van der Waals surface area contributed by atoms with Gasteiger partial charge in [0, 0.05) is 4.47 Å². The molecule has 3 aromatic rings. The van der Waals surface area contributed by atoms with Crippen LogP contribution in [0.5, 0.6) is 5.75 Å². The molecule has 0 heterocycles. The lowest BCUT2D eigenvalue weighted by molar-refractivity contribution is -0.123. The summed E-state index contributed by atoms with van der Waals surface area (Å²) in [7, 11) is 0. The summed E-state index contributed by atoms with van der Waals surface area (Å²) in [6.45, 7) is -0.0891. The second-order valence-corrected chi connectivity index (χ2v) is 6.06. The molecule has 0 unspecified atom stereocenters. The van der Waals surface area contributed by atoms with Gasteiger partial charge in [0.1, 0.15) is 5.75 Å². The van der Waals surface area contributed by atoms with Crippen molar-refractivity contribution in [3.05, 3.63) is 76.8 Å². The summed E-state index contributed by atoms with van der Waals surface area (Å²) in [5.74, 6) is 0.342. The van der Waals surface area contributed by atoms with Crippen LogP contribution in [0, 0.1) is 0 Å². The van der Waals surface area contributed by atoms with Gasteiger partial charge in [-0.3, -0.25) is 4.79 Å². The third-order valence-electron chi connectivity index (χ3n) is 3.34. The van der Waals surface area contributed by atoms with Crippen LogP contribution in [0.2, 0.25) is 0 Å². The Hall–Kier alpha value is -2.66.